The number of hydrogen-bond acceptors (Lipinski definition) is 2. The third-order valence-electron chi connectivity index (χ3n) is 1.58. The van der Waals surface area contributed by atoms with E-state index in [9.17, 15) is 0 Å². The molecule has 0 aliphatic carbocycles. The van der Waals surface area contributed by atoms with Crippen molar-refractivity contribution in [2.75, 3.05) is 0 Å². The van der Waals surface area contributed by atoms with Crippen LogP contribution in [0.4, 0.5) is 0 Å². The minimum absolute atomic E-state index is 0.930. The molecule has 0 N–H and O–H groups in total. The molecule has 0 bridgehead atoms. The van der Waals surface area contributed by atoms with Gasteiger partial charge in [0.2, 0.25) is 0 Å². The highest BCUT2D eigenvalue weighted by molar-refractivity contribution is 5.57. The second-order valence-electron chi connectivity index (χ2n) is 2.38. The molecule has 2 heteroatoms. The van der Waals surface area contributed by atoms with E-state index in [1.807, 2.05) is 18.2 Å². The maximum absolute atomic E-state index is 4.19. The van der Waals surface area contributed by atoms with E-state index in [0.29, 0.717) is 0 Å². The van der Waals surface area contributed by atoms with Crippen molar-refractivity contribution in [3.63, 3.8) is 0 Å². The van der Waals surface area contributed by atoms with E-state index in [4.69, 9.17) is 0 Å². The maximum atomic E-state index is 4.19. The highest BCUT2D eigenvalue weighted by Gasteiger charge is 1.94. The van der Waals surface area contributed by atoms with Gasteiger partial charge in [0.15, 0.2) is 0 Å². The summed E-state index contributed by atoms with van der Waals surface area (Å²) < 4.78 is 0. The van der Waals surface area contributed by atoms with Crippen molar-refractivity contribution >= 4 is 0 Å². The Morgan fingerprint density at radius 1 is 1.08 bits per heavy atom. The molecular formula is C10H7N2. The smallest absolute Gasteiger partial charge is 0.0709 e. The molecule has 2 nitrogen and oxygen atoms in total. The van der Waals surface area contributed by atoms with E-state index in [1.54, 1.807) is 24.7 Å². The van der Waals surface area contributed by atoms with Crippen molar-refractivity contribution in [1.82, 2.24) is 9.97 Å². The van der Waals surface area contributed by atoms with Crippen LogP contribution in [0.1, 0.15) is 0 Å². The molecule has 12 heavy (non-hydrogen) atoms. The van der Waals surface area contributed by atoms with Gasteiger partial charge in [0.05, 0.1) is 5.69 Å². The SMILES string of the molecule is [c]1ccnc(-c2ccncc2)c1. The van der Waals surface area contributed by atoms with E-state index >= 15 is 0 Å². The molecule has 2 heterocycles. The van der Waals surface area contributed by atoms with Crippen LogP contribution >= 0.6 is 0 Å². The topological polar surface area (TPSA) is 25.8 Å². The standard InChI is InChI=1S/C10H7N2/c1-2-6-12-10(3-1)9-4-7-11-8-5-9/h2-8H. The Kier molecular flexibility index (Phi) is 1.82. The van der Waals surface area contributed by atoms with E-state index < -0.39 is 0 Å². The summed E-state index contributed by atoms with van der Waals surface area (Å²) in [5, 5.41) is 0. The maximum Gasteiger partial charge on any atom is 0.0709 e. The van der Waals surface area contributed by atoms with E-state index in [0.717, 1.165) is 11.3 Å². The van der Waals surface area contributed by atoms with Crippen LogP contribution in [0.25, 0.3) is 11.3 Å². The van der Waals surface area contributed by atoms with Gasteiger partial charge >= 0.3 is 0 Å². The quantitative estimate of drug-likeness (QED) is 0.629. The third kappa shape index (κ3) is 1.32. The second-order valence-corrected chi connectivity index (χ2v) is 2.38. The first-order valence-corrected chi connectivity index (χ1v) is 3.69. The number of rotatable bonds is 1. The van der Waals surface area contributed by atoms with Crippen LogP contribution in [0, 0.1) is 6.07 Å². The average Bonchev–Trinajstić information content (AvgIpc) is 2.21. The summed E-state index contributed by atoms with van der Waals surface area (Å²) in [6.07, 6.45) is 5.24. The fourth-order valence-corrected chi connectivity index (χ4v) is 1.01. The first-order valence-electron chi connectivity index (χ1n) is 3.69. The Hall–Kier alpha value is -1.70. The van der Waals surface area contributed by atoms with E-state index in [1.165, 1.54) is 0 Å². The van der Waals surface area contributed by atoms with Crippen molar-refractivity contribution in [3.8, 4) is 11.3 Å². The van der Waals surface area contributed by atoms with Gasteiger partial charge in [-0.25, -0.2) is 0 Å². The van der Waals surface area contributed by atoms with Crippen LogP contribution in [0.15, 0.2) is 42.9 Å². The van der Waals surface area contributed by atoms with Crippen molar-refractivity contribution in [2.45, 2.75) is 0 Å². The highest BCUT2D eigenvalue weighted by atomic mass is 14.7. The number of aromatic nitrogens is 2. The Bertz CT molecular complexity index is 305. The predicted octanol–water partition coefficient (Wildman–Crippen LogP) is 1.94. The molecule has 2 rings (SSSR count). The summed E-state index contributed by atoms with van der Waals surface area (Å²) in [6, 6.07) is 10.5. The van der Waals surface area contributed by atoms with Crippen LogP contribution in [0.3, 0.4) is 0 Å². The summed E-state index contributed by atoms with van der Waals surface area (Å²) in [5.41, 5.74) is 2.00. The number of nitrogens with zero attached hydrogens (tertiary/aromatic N) is 2. The molecule has 0 aliphatic rings. The molecule has 0 spiro atoms. The first kappa shape index (κ1) is 6.98. The van der Waals surface area contributed by atoms with Gasteiger partial charge in [-0.15, -0.1) is 0 Å². The molecule has 2 aromatic heterocycles. The van der Waals surface area contributed by atoms with Gasteiger partial charge in [-0.1, -0.05) is 0 Å². The zero-order valence-corrected chi connectivity index (χ0v) is 6.44. The summed E-state index contributed by atoms with van der Waals surface area (Å²) >= 11 is 0. The molecule has 0 fully saturated rings. The lowest BCUT2D eigenvalue weighted by atomic mass is 10.2. The van der Waals surface area contributed by atoms with Crippen molar-refractivity contribution in [1.29, 1.82) is 0 Å². The van der Waals surface area contributed by atoms with Crippen LogP contribution < -0.4 is 0 Å². The lowest BCUT2D eigenvalue weighted by Crippen LogP contribution is -1.81. The molecule has 0 unspecified atom stereocenters. The molecule has 2 aromatic rings. The van der Waals surface area contributed by atoms with Gasteiger partial charge in [-0.05, 0) is 30.3 Å². The van der Waals surface area contributed by atoms with Crippen molar-refractivity contribution in [3.05, 3.63) is 48.9 Å². The Balaban J connectivity index is 2.46. The fraction of sp³-hybridized carbons (Fsp3) is 0. The monoisotopic (exact) mass is 155 g/mol. The van der Waals surface area contributed by atoms with E-state index in [-0.39, 0.29) is 0 Å². The van der Waals surface area contributed by atoms with Crippen LogP contribution in [0.5, 0.6) is 0 Å². The average molecular weight is 155 g/mol. The summed E-state index contributed by atoms with van der Waals surface area (Å²) in [4.78, 5) is 8.12. The Morgan fingerprint density at radius 3 is 2.58 bits per heavy atom. The van der Waals surface area contributed by atoms with Gasteiger partial charge in [0.1, 0.15) is 0 Å². The summed E-state index contributed by atoms with van der Waals surface area (Å²) in [5.74, 6) is 0. The van der Waals surface area contributed by atoms with E-state index in [2.05, 4.69) is 16.0 Å². The number of pyridine rings is 2. The zero-order valence-electron chi connectivity index (χ0n) is 6.44. The van der Waals surface area contributed by atoms with Gasteiger partial charge < -0.3 is 0 Å². The largest absolute Gasteiger partial charge is 0.265 e. The first-order chi connectivity index (χ1) is 5.97. The summed E-state index contributed by atoms with van der Waals surface area (Å²) in [6.45, 7) is 0. The predicted molar refractivity (Wildman–Crippen MR) is 46.3 cm³/mol. The molecule has 1 radical (unpaired) electrons. The Morgan fingerprint density at radius 2 is 1.92 bits per heavy atom. The normalized spacial score (nSPS) is 9.67. The minimum atomic E-state index is 0.930. The Labute approximate surface area is 70.9 Å². The molecule has 57 valence electrons. The lowest BCUT2D eigenvalue weighted by Gasteiger charge is -1.96. The number of hydrogen-bond donors (Lipinski definition) is 0. The molecule has 0 aromatic carbocycles. The van der Waals surface area contributed by atoms with Crippen molar-refractivity contribution in [2.24, 2.45) is 0 Å². The van der Waals surface area contributed by atoms with Crippen LogP contribution in [-0.2, 0) is 0 Å². The zero-order chi connectivity index (χ0) is 8.23. The molecule has 0 amide bonds. The van der Waals surface area contributed by atoms with Crippen LogP contribution in [0.2, 0.25) is 0 Å². The van der Waals surface area contributed by atoms with Crippen LogP contribution in [-0.4, -0.2) is 9.97 Å². The van der Waals surface area contributed by atoms with Gasteiger partial charge in [0.25, 0.3) is 0 Å². The van der Waals surface area contributed by atoms with Gasteiger partial charge in [-0.3, -0.25) is 9.97 Å². The molecule has 0 saturated carbocycles. The lowest BCUT2D eigenvalue weighted by molar-refractivity contribution is 1.29. The van der Waals surface area contributed by atoms with Crippen molar-refractivity contribution < 1.29 is 0 Å². The fourth-order valence-electron chi connectivity index (χ4n) is 1.01. The molecule has 0 aliphatic heterocycles. The second kappa shape index (κ2) is 3.13. The van der Waals surface area contributed by atoms with Gasteiger partial charge in [0, 0.05) is 24.2 Å². The minimum Gasteiger partial charge on any atom is -0.265 e. The molecule has 0 atom stereocenters. The molecule has 0 saturated heterocycles. The molecular weight excluding hydrogens is 148 g/mol. The van der Waals surface area contributed by atoms with Gasteiger partial charge in [-0.2, -0.15) is 0 Å². The summed E-state index contributed by atoms with van der Waals surface area (Å²) in [7, 11) is 0. The highest BCUT2D eigenvalue weighted by Crippen LogP contribution is 2.13. The third-order valence-corrected chi connectivity index (χ3v) is 1.58.